The molecule has 1 aliphatic heterocycles. The highest BCUT2D eigenvalue weighted by molar-refractivity contribution is 8.15. The van der Waals surface area contributed by atoms with Crippen LogP contribution in [-0.2, 0) is 9.59 Å². The Hall–Kier alpha value is -2.02. The summed E-state index contributed by atoms with van der Waals surface area (Å²) in [6.07, 6.45) is 5.12. The summed E-state index contributed by atoms with van der Waals surface area (Å²) in [6.45, 7) is 8.29. The highest BCUT2D eigenvalue weighted by atomic mass is 32.2. The standard InChI is InChI=1S/C22H33N3O3S/c1-4-7-13-23-22-25(14-8-5-2)20(26)16-19(29-22)21(27)24-17-9-11-18(12-10-17)28-15-6-3/h9-12,19H,4-8,13-16H2,1-3H3,(H,24,27)/t19-/m0/s1. The van der Waals surface area contributed by atoms with Gasteiger partial charge in [0.05, 0.1) is 6.61 Å². The molecule has 1 fully saturated rings. The maximum Gasteiger partial charge on any atom is 0.238 e. The van der Waals surface area contributed by atoms with Gasteiger partial charge in [-0.15, -0.1) is 0 Å². The summed E-state index contributed by atoms with van der Waals surface area (Å²) < 4.78 is 5.57. The number of nitrogens with one attached hydrogen (secondary N) is 1. The number of carbonyl (C=O) groups excluding carboxylic acids is 2. The lowest BCUT2D eigenvalue weighted by Gasteiger charge is -2.31. The van der Waals surface area contributed by atoms with Crippen molar-refractivity contribution < 1.29 is 14.3 Å². The molecule has 1 aromatic carbocycles. The predicted octanol–water partition coefficient (Wildman–Crippen LogP) is 4.70. The minimum absolute atomic E-state index is 0.0177. The van der Waals surface area contributed by atoms with E-state index in [1.165, 1.54) is 11.8 Å². The molecule has 2 amide bonds. The van der Waals surface area contributed by atoms with Gasteiger partial charge in [0.25, 0.3) is 0 Å². The van der Waals surface area contributed by atoms with Gasteiger partial charge in [0.2, 0.25) is 11.8 Å². The molecule has 29 heavy (non-hydrogen) atoms. The van der Waals surface area contributed by atoms with Crippen LogP contribution < -0.4 is 10.1 Å². The van der Waals surface area contributed by atoms with E-state index in [-0.39, 0.29) is 18.2 Å². The molecule has 160 valence electrons. The molecule has 6 nitrogen and oxygen atoms in total. The highest BCUT2D eigenvalue weighted by Crippen LogP contribution is 2.28. The molecule has 7 heteroatoms. The molecule has 1 saturated heterocycles. The first-order valence-electron chi connectivity index (χ1n) is 10.6. The predicted molar refractivity (Wildman–Crippen MR) is 121 cm³/mol. The number of anilines is 1. The number of nitrogens with zero attached hydrogens (tertiary/aromatic N) is 2. The van der Waals surface area contributed by atoms with E-state index in [1.54, 1.807) is 4.90 Å². The molecule has 0 aliphatic carbocycles. The van der Waals surface area contributed by atoms with E-state index < -0.39 is 5.25 Å². The van der Waals surface area contributed by atoms with Crippen molar-refractivity contribution in [2.24, 2.45) is 4.99 Å². The van der Waals surface area contributed by atoms with Crippen molar-refractivity contribution in [1.82, 2.24) is 4.90 Å². The second kappa shape index (κ2) is 12.5. The molecular formula is C22H33N3O3S. The van der Waals surface area contributed by atoms with Crippen LogP contribution in [0.25, 0.3) is 0 Å². The molecule has 1 aromatic rings. The number of thioether (sulfide) groups is 1. The van der Waals surface area contributed by atoms with Crippen molar-refractivity contribution in [3.63, 3.8) is 0 Å². The lowest BCUT2D eigenvalue weighted by atomic mass is 10.2. The Morgan fingerprint density at radius 1 is 1.17 bits per heavy atom. The zero-order valence-electron chi connectivity index (χ0n) is 17.8. The number of ether oxygens (including phenoxy) is 1. The fourth-order valence-electron chi connectivity index (χ4n) is 2.82. The third-order valence-electron chi connectivity index (χ3n) is 4.52. The molecule has 1 aliphatic rings. The maximum atomic E-state index is 12.8. The number of amides is 2. The molecule has 0 aromatic heterocycles. The lowest BCUT2D eigenvalue weighted by Crippen LogP contribution is -2.45. The summed E-state index contributed by atoms with van der Waals surface area (Å²) in [7, 11) is 0. The summed E-state index contributed by atoms with van der Waals surface area (Å²) in [5.41, 5.74) is 0.699. The van der Waals surface area contributed by atoms with Crippen LogP contribution in [0.5, 0.6) is 5.75 Å². The first-order chi connectivity index (χ1) is 14.1. The van der Waals surface area contributed by atoms with Gasteiger partial charge in [-0.1, -0.05) is 45.4 Å². The molecule has 0 saturated carbocycles. The Bertz CT molecular complexity index is 691. The zero-order chi connectivity index (χ0) is 21.1. The van der Waals surface area contributed by atoms with Crippen LogP contribution in [0.3, 0.4) is 0 Å². The van der Waals surface area contributed by atoms with E-state index in [2.05, 4.69) is 31.1 Å². The van der Waals surface area contributed by atoms with E-state index in [0.29, 0.717) is 30.6 Å². The number of benzene rings is 1. The molecule has 0 unspecified atom stereocenters. The largest absolute Gasteiger partial charge is 0.494 e. The van der Waals surface area contributed by atoms with Crippen LogP contribution in [0, 0.1) is 0 Å². The first-order valence-corrected chi connectivity index (χ1v) is 11.5. The second-order valence-corrected chi connectivity index (χ2v) is 8.26. The van der Waals surface area contributed by atoms with Crippen molar-refractivity contribution in [1.29, 1.82) is 0 Å². The van der Waals surface area contributed by atoms with Crippen molar-refractivity contribution in [2.75, 3.05) is 25.0 Å². The molecule has 0 spiro atoms. The van der Waals surface area contributed by atoms with Gasteiger partial charge in [-0.3, -0.25) is 19.5 Å². The lowest BCUT2D eigenvalue weighted by molar-refractivity contribution is -0.129. The third-order valence-corrected chi connectivity index (χ3v) is 5.75. The number of aliphatic imine (C=N–C) groups is 1. The van der Waals surface area contributed by atoms with Gasteiger partial charge in [-0.2, -0.15) is 0 Å². The summed E-state index contributed by atoms with van der Waals surface area (Å²) in [6, 6.07) is 7.33. The van der Waals surface area contributed by atoms with Gasteiger partial charge in [-0.05, 0) is 43.5 Å². The molecule has 0 radical (unpaired) electrons. The summed E-state index contributed by atoms with van der Waals surface area (Å²) in [5, 5.41) is 3.15. The molecule has 1 heterocycles. The molecule has 1 N–H and O–H groups in total. The minimum Gasteiger partial charge on any atom is -0.494 e. The Morgan fingerprint density at radius 2 is 1.90 bits per heavy atom. The maximum absolute atomic E-state index is 12.8. The summed E-state index contributed by atoms with van der Waals surface area (Å²) in [5.74, 6) is 0.601. The van der Waals surface area contributed by atoms with Gasteiger partial charge in [-0.25, -0.2) is 0 Å². The van der Waals surface area contributed by atoms with E-state index in [4.69, 9.17) is 4.74 Å². The van der Waals surface area contributed by atoms with Gasteiger partial charge in [0.15, 0.2) is 5.17 Å². The van der Waals surface area contributed by atoms with Gasteiger partial charge in [0, 0.05) is 25.2 Å². The normalized spacial score (nSPS) is 18.2. The molecular weight excluding hydrogens is 386 g/mol. The fourth-order valence-corrected chi connectivity index (χ4v) is 3.96. The third kappa shape index (κ3) is 7.38. The van der Waals surface area contributed by atoms with E-state index in [1.807, 2.05) is 24.3 Å². The summed E-state index contributed by atoms with van der Waals surface area (Å²) >= 11 is 1.40. The number of hydrogen-bond donors (Lipinski definition) is 1. The topological polar surface area (TPSA) is 71.0 Å². The molecule has 2 rings (SSSR count). The monoisotopic (exact) mass is 419 g/mol. The average Bonchev–Trinajstić information content (AvgIpc) is 2.72. The number of hydrogen-bond acceptors (Lipinski definition) is 5. The van der Waals surface area contributed by atoms with Crippen LogP contribution in [0.1, 0.15) is 59.3 Å². The average molecular weight is 420 g/mol. The Labute approximate surface area is 178 Å². The Balaban J connectivity index is 2.02. The molecule has 1 atom stereocenters. The van der Waals surface area contributed by atoms with E-state index in [9.17, 15) is 9.59 Å². The van der Waals surface area contributed by atoms with Crippen molar-refractivity contribution >= 4 is 34.4 Å². The highest BCUT2D eigenvalue weighted by Gasteiger charge is 2.35. The van der Waals surface area contributed by atoms with Gasteiger partial charge < -0.3 is 10.1 Å². The quantitative estimate of drug-likeness (QED) is 0.528. The first kappa shape index (κ1) is 23.3. The van der Waals surface area contributed by atoms with Gasteiger partial charge >= 0.3 is 0 Å². The van der Waals surface area contributed by atoms with Crippen LogP contribution in [0.4, 0.5) is 5.69 Å². The SMILES string of the molecule is CCCCN=C1S[C@H](C(=O)Nc2ccc(OCCC)cc2)CC(=O)N1CCCC. The minimum atomic E-state index is -0.461. The number of carbonyl (C=O) groups is 2. The molecule has 0 bridgehead atoms. The van der Waals surface area contributed by atoms with Crippen LogP contribution in [0.15, 0.2) is 29.3 Å². The van der Waals surface area contributed by atoms with Crippen LogP contribution in [0.2, 0.25) is 0 Å². The zero-order valence-corrected chi connectivity index (χ0v) is 18.6. The van der Waals surface area contributed by atoms with Crippen LogP contribution in [-0.4, -0.2) is 46.8 Å². The van der Waals surface area contributed by atoms with Crippen LogP contribution >= 0.6 is 11.8 Å². The Kier molecular flexibility index (Phi) is 10.0. The fraction of sp³-hybridized carbons (Fsp3) is 0.591. The number of unbranched alkanes of at least 4 members (excludes halogenated alkanes) is 2. The second-order valence-electron chi connectivity index (χ2n) is 7.09. The van der Waals surface area contributed by atoms with E-state index in [0.717, 1.165) is 37.9 Å². The van der Waals surface area contributed by atoms with E-state index >= 15 is 0 Å². The number of rotatable bonds is 11. The number of amidine groups is 1. The van der Waals surface area contributed by atoms with Crippen molar-refractivity contribution in [3.8, 4) is 5.75 Å². The van der Waals surface area contributed by atoms with Crippen molar-refractivity contribution in [3.05, 3.63) is 24.3 Å². The summed E-state index contributed by atoms with van der Waals surface area (Å²) in [4.78, 5) is 31.9. The van der Waals surface area contributed by atoms with Crippen molar-refractivity contribution in [2.45, 2.75) is 64.5 Å². The smallest absolute Gasteiger partial charge is 0.238 e. The van der Waals surface area contributed by atoms with Gasteiger partial charge in [0.1, 0.15) is 11.0 Å². The Morgan fingerprint density at radius 3 is 2.55 bits per heavy atom.